The summed E-state index contributed by atoms with van der Waals surface area (Å²) in [4.78, 5) is 0. The normalized spacial score (nSPS) is 20.7. The third-order valence-electron chi connectivity index (χ3n) is 3.99. The van der Waals surface area contributed by atoms with Gasteiger partial charge in [0, 0.05) is 11.7 Å². The molecule has 4 heteroatoms. The van der Waals surface area contributed by atoms with E-state index < -0.39 is 0 Å². The molecule has 1 aliphatic rings. The van der Waals surface area contributed by atoms with Crippen LogP contribution in [0.2, 0.25) is 10.0 Å². The molecule has 2 nitrogen and oxygen atoms in total. The van der Waals surface area contributed by atoms with Gasteiger partial charge in [0.25, 0.3) is 0 Å². The maximum absolute atomic E-state index is 6.03. The molecule has 21 heavy (non-hydrogen) atoms. The second-order valence-corrected chi connectivity index (χ2v) is 6.23. The van der Waals surface area contributed by atoms with Crippen molar-refractivity contribution >= 4 is 28.9 Å². The number of halogens is 2. The van der Waals surface area contributed by atoms with Gasteiger partial charge in [-0.1, -0.05) is 35.3 Å². The van der Waals surface area contributed by atoms with E-state index in [4.69, 9.17) is 27.9 Å². The maximum atomic E-state index is 6.03. The van der Waals surface area contributed by atoms with Crippen LogP contribution < -0.4 is 10.1 Å². The summed E-state index contributed by atoms with van der Waals surface area (Å²) in [6, 6.07) is 14.5. The lowest BCUT2D eigenvalue weighted by Crippen LogP contribution is -2.33. The van der Waals surface area contributed by atoms with Crippen molar-refractivity contribution in [3.8, 4) is 5.75 Å². The van der Waals surface area contributed by atoms with Crippen molar-refractivity contribution in [1.82, 2.24) is 0 Å². The van der Waals surface area contributed by atoms with Crippen molar-refractivity contribution in [1.29, 1.82) is 0 Å². The van der Waals surface area contributed by atoms with E-state index >= 15 is 0 Å². The summed E-state index contributed by atoms with van der Waals surface area (Å²) in [5.41, 5.74) is 2.38. The molecule has 110 valence electrons. The van der Waals surface area contributed by atoms with Crippen molar-refractivity contribution in [3.63, 3.8) is 0 Å². The topological polar surface area (TPSA) is 21.3 Å². The zero-order chi connectivity index (χ0) is 14.8. The van der Waals surface area contributed by atoms with Crippen molar-refractivity contribution in [3.05, 3.63) is 58.1 Å². The molecule has 0 amide bonds. The molecule has 0 radical (unpaired) electrons. The van der Waals surface area contributed by atoms with Crippen LogP contribution in [0.1, 0.15) is 24.3 Å². The fourth-order valence-corrected chi connectivity index (χ4v) is 3.02. The number of hydrogen-bond donors (Lipinski definition) is 1. The number of benzene rings is 2. The molecular formula is C17H17Cl2NO. The first-order valence-corrected chi connectivity index (χ1v) is 7.77. The van der Waals surface area contributed by atoms with Crippen molar-refractivity contribution in [2.75, 3.05) is 12.4 Å². The van der Waals surface area contributed by atoms with Crippen molar-refractivity contribution in [2.24, 2.45) is 0 Å². The summed E-state index contributed by atoms with van der Waals surface area (Å²) in [7, 11) is 1.70. The molecule has 1 N–H and O–H groups in total. The lowest BCUT2D eigenvalue weighted by molar-refractivity contribution is 0.370. The number of anilines is 1. The average molecular weight is 322 g/mol. The molecule has 0 saturated heterocycles. The highest BCUT2D eigenvalue weighted by atomic mass is 35.5. The van der Waals surface area contributed by atoms with Gasteiger partial charge in [0.15, 0.2) is 0 Å². The molecule has 2 aromatic carbocycles. The number of hydrogen-bond acceptors (Lipinski definition) is 2. The van der Waals surface area contributed by atoms with Crippen LogP contribution in [0.4, 0.5) is 5.69 Å². The van der Waals surface area contributed by atoms with E-state index in [9.17, 15) is 0 Å². The van der Waals surface area contributed by atoms with Gasteiger partial charge in [0.05, 0.1) is 17.2 Å². The van der Waals surface area contributed by atoms with E-state index in [0.29, 0.717) is 22.0 Å². The smallest absolute Gasteiger partial charge is 0.119 e. The minimum atomic E-state index is 0.485. The van der Waals surface area contributed by atoms with Gasteiger partial charge in [-0.3, -0.25) is 0 Å². The SMILES string of the molecule is COc1cccc(C2CC(Nc3ccc(Cl)c(Cl)c3)C2)c1. The molecule has 1 aliphatic carbocycles. The Morgan fingerprint density at radius 1 is 1.05 bits per heavy atom. The highest BCUT2D eigenvalue weighted by Gasteiger charge is 2.30. The minimum Gasteiger partial charge on any atom is -0.497 e. The monoisotopic (exact) mass is 321 g/mol. The zero-order valence-electron chi connectivity index (χ0n) is 11.8. The highest BCUT2D eigenvalue weighted by Crippen LogP contribution is 2.39. The maximum Gasteiger partial charge on any atom is 0.119 e. The molecule has 2 aromatic rings. The summed E-state index contributed by atoms with van der Waals surface area (Å²) in [5.74, 6) is 1.52. The van der Waals surface area contributed by atoms with Crippen LogP contribution in [-0.2, 0) is 0 Å². The van der Waals surface area contributed by atoms with Crippen LogP contribution in [0.3, 0.4) is 0 Å². The lowest BCUT2D eigenvalue weighted by Gasteiger charge is -2.37. The third kappa shape index (κ3) is 3.28. The van der Waals surface area contributed by atoms with Crippen LogP contribution in [0.15, 0.2) is 42.5 Å². The molecule has 0 spiro atoms. The van der Waals surface area contributed by atoms with Crippen LogP contribution in [0.25, 0.3) is 0 Å². The molecule has 0 aliphatic heterocycles. The average Bonchev–Trinajstić information content (AvgIpc) is 2.46. The first-order chi connectivity index (χ1) is 10.2. The Morgan fingerprint density at radius 3 is 2.57 bits per heavy atom. The predicted octanol–water partition coefficient (Wildman–Crippen LogP) is 5.36. The van der Waals surface area contributed by atoms with Gasteiger partial charge in [0.2, 0.25) is 0 Å². The molecule has 0 aromatic heterocycles. The van der Waals surface area contributed by atoms with Gasteiger partial charge in [-0.05, 0) is 54.7 Å². The van der Waals surface area contributed by atoms with E-state index in [1.54, 1.807) is 7.11 Å². The van der Waals surface area contributed by atoms with Gasteiger partial charge in [-0.25, -0.2) is 0 Å². The standard InChI is InChI=1S/C17H17Cl2NO/c1-21-15-4-2-3-11(9-15)12-7-14(8-12)20-13-5-6-16(18)17(19)10-13/h2-6,9-10,12,14,20H,7-8H2,1H3. The molecule has 0 heterocycles. The molecule has 1 fully saturated rings. The van der Waals surface area contributed by atoms with E-state index in [1.165, 1.54) is 5.56 Å². The second kappa shape index (κ2) is 6.17. The third-order valence-corrected chi connectivity index (χ3v) is 4.73. The Morgan fingerprint density at radius 2 is 1.86 bits per heavy atom. The van der Waals surface area contributed by atoms with Crippen LogP contribution in [0.5, 0.6) is 5.75 Å². The Labute approximate surface area is 135 Å². The molecular weight excluding hydrogens is 305 g/mol. The molecule has 0 atom stereocenters. The first kappa shape index (κ1) is 14.6. The Balaban J connectivity index is 1.59. The Kier molecular flexibility index (Phi) is 4.27. The van der Waals surface area contributed by atoms with Gasteiger partial charge in [0.1, 0.15) is 5.75 Å². The first-order valence-electron chi connectivity index (χ1n) is 7.01. The quantitative estimate of drug-likeness (QED) is 0.818. The van der Waals surface area contributed by atoms with E-state index in [-0.39, 0.29) is 0 Å². The second-order valence-electron chi connectivity index (χ2n) is 5.42. The largest absolute Gasteiger partial charge is 0.497 e. The number of rotatable bonds is 4. The minimum absolute atomic E-state index is 0.485. The zero-order valence-corrected chi connectivity index (χ0v) is 13.3. The molecule has 3 rings (SSSR count). The number of ether oxygens (including phenoxy) is 1. The van der Waals surface area contributed by atoms with Crippen LogP contribution >= 0.6 is 23.2 Å². The van der Waals surface area contributed by atoms with Gasteiger partial charge in [-0.2, -0.15) is 0 Å². The van der Waals surface area contributed by atoms with Gasteiger partial charge < -0.3 is 10.1 Å². The van der Waals surface area contributed by atoms with E-state index in [2.05, 4.69) is 17.4 Å². The molecule has 1 saturated carbocycles. The molecule has 0 bridgehead atoms. The number of methoxy groups -OCH3 is 1. The Bertz CT molecular complexity index is 638. The predicted molar refractivity (Wildman–Crippen MR) is 88.8 cm³/mol. The van der Waals surface area contributed by atoms with E-state index in [1.807, 2.05) is 30.3 Å². The fourth-order valence-electron chi connectivity index (χ4n) is 2.72. The van der Waals surface area contributed by atoms with Crippen LogP contribution in [0, 0.1) is 0 Å². The highest BCUT2D eigenvalue weighted by molar-refractivity contribution is 6.42. The van der Waals surface area contributed by atoms with Crippen molar-refractivity contribution < 1.29 is 4.74 Å². The summed E-state index contributed by atoms with van der Waals surface area (Å²) in [6.07, 6.45) is 2.24. The summed E-state index contributed by atoms with van der Waals surface area (Å²) in [6.45, 7) is 0. The summed E-state index contributed by atoms with van der Waals surface area (Å²) < 4.78 is 5.28. The summed E-state index contributed by atoms with van der Waals surface area (Å²) >= 11 is 12.0. The van der Waals surface area contributed by atoms with E-state index in [0.717, 1.165) is 24.3 Å². The van der Waals surface area contributed by atoms with Crippen molar-refractivity contribution in [2.45, 2.75) is 24.8 Å². The Hall–Kier alpha value is -1.38. The summed E-state index contributed by atoms with van der Waals surface area (Å²) in [5, 5.41) is 4.68. The fraction of sp³-hybridized carbons (Fsp3) is 0.294. The van der Waals surface area contributed by atoms with Gasteiger partial charge >= 0.3 is 0 Å². The van der Waals surface area contributed by atoms with Crippen LogP contribution in [-0.4, -0.2) is 13.2 Å². The molecule has 0 unspecified atom stereocenters. The lowest BCUT2D eigenvalue weighted by atomic mass is 9.76. The van der Waals surface area contributed by atoms with Gasteiger partial charge in [-0.15, -0.1) is 0 Å². The number of nitrogens with one attached hydrogen (secondary N) is 1.